The first kappa shape index (κ1) is 32.2. The predicted octanol–water partition coefficient (Wildman–Crippen LogP) is 5.92. The van der Waals surface area contributed by atoms with Crippen molar-refractivity contribution >= 4 is 50.7 Å². The molecule has 11 heteroatoms. The molecule has 3 aromatic rings. The summed E-state index contributed by atoms with van der Waals surface area (Å²) >= 11 is 12.0. The molecule has 3 rings (SSSR count). The summed E-state index contributed by atoms with van der Waals surface area (Å²) in [6.45, 7) is 8.94. The smallest absolute Gasteiger partial charge is 0.264 e. The number of carbonyl (C=O) groups excluding carboxylic acids is 2. The van der Waals surface area contributed by atoms with E-state index in [0.29, 0.717) is 22.4 Å². The Kier molecular flexibility index (Phi) is 10.7. The van der Waals surface area contributed by atoms with Crippen LogP contribution in [-0.2, 0) is 26.2 Å². The molecule has 3 aromatic carbocycles. The van der Waals surface area contributed by atoms with E-state index in [2.05, 4.69) is 5.32 Å². The van der Waals surface area contributed by atoms with Gasteiger partial charge >= 0.3 is 0 Å². The molecule has 0 aromatic heterocycles. The number of benzene rings is 3. The summed E-state index contributed by atoms with van der Waals surface area (Å²) in [7, 11) is -4.21. The lowest BCUT2D eigenvalue weighted by Crippen LogP contribution is -2.54. The molecule has 1 atom stereocenters. The molecule has 0 aliphatic heterocycles. The molecular formula is C30H35Cl2N3O5S. The SMILES string of the molecule is CCOc1ccc(N(CC(=O)N(Cc2ccc(Cl)cc2)[C@H](C)C(=O)NC(C)(C)C)S(=O)(=O)c2ccc(Cl)cc2)cc1. The van der Waals surface area contributed by atoms with Gasteiger partial charge in [0, 0.05) is 22.1 Å². The molecule has 1 N–H and O–H groups in total. The van der Waals surface area contributed by atoms with Crippen molar-refractivity contribution in [2.24, 2.45) is 0 Å². The number of amides is 2. The molecule has 0 bridgehead atoms. The molecule has 0 fully saturated rings. The lowest BCUT2D eigenvalue weighted by atomic mass is 10.1. The number of ether oxygens (including phenoxy) is 1. The Labute approximate surface area is 252 Å². The molecule has 0 aliphatic rings. The number of nitrogens with zero attached hydrogens (tertiary/aromatic N) is 2. The van der Waals surface area contributed by atoms with Crippen LogP contribution in [0.2, 0.25) is 10.0 Å². The molecule has 220 valence electrons. The Hall–Kier alpha value is -3.27. The monoisotopic (exact) mass is 619 g/mol. The zero-order valence-corrected chi connectivity index (χ0v) is 26.1. The van der Waals surface area contributed by atoms with Crippen LogP contribution in [0, 0.1) is 0 Å². The van der Waals surface area contributed by atoms with Crippen molar-refractivity contribution in [3.05, 3.63) is 88.4 Å². The minimum Gasteiger partial charge on any atom is -0.494 e. The van der Waals surface area contributed by atoms with Gasteiger partial charge in [0.15, 0.2) is 0 Å². The Morgan fingerprint density at radius 3 is 1.95 bits per heavy atom. The number of carbonyl (C=O) groups is 2. The van der Waals surface area contributed by atoms with E-state index >= 15 is 0 Å². The van der Waals surface area contributed by atoms with Gasteiger partial charge in [-0.2, -0.15) is 0 Å². The minimum absolute atomic E-state index is 0.0358. The van der Waals surface area contributed by atoms with Gasteiger partial charge < -0.3 is 15.0 Å². The van der Waals surface area contributed by atoms with Crippen LogP contribution >= 0.6 is 23.2 Å². The maximum atomic E-state index is 14.0. The molecule has 41 heavy (non-hydrogen) atoms. The topological polar surface area (TPSA) is 96.0 Å². The molecule has 2 amide bonds. The van der Waals surface area contributed by atoms with Crippen LogP contribution in [0.4, 0.5) is 5.69 Å². The standard InChI is InChI=1S/C30H35Cl2N3O5S/c1-6-40-26-15-13-25(14-16-26)35(41(38,39)27-17-11-24(32)12-18-27)20-28(36)34(19-22-7-9-23(31)10-8-22)21(2)29(37)33-30(3,4)5/h7-18,21H,6,19-20H2,1-5H3,(H,33,37)/t21-/m1/s1. The fourth-order valence-electron chi connectivity index (χ4n) is 3.98. The predicted molar refractivity (Wildman–Crippen MR) is 163 cm³/mol. The van der Waals surface area contributed by atoms with Crippen LogP contribution in [0.5, 0.6) is 5.75 Å². The van der Waals surface area contributed by atoms with Crippen molar-refractivity contribution in [1.82, 2.24) is 10.2 Å². The number of hydrogen-bond donors (Lipinski definition) is 1. The van der Waals surface area contributed by atoms with Crippen molar-refractivity contribution in [1.29, 1.82) is 0 Å². The van der Waals surface area contributed by atoms with Crippen LogP contribution in [-0.4, -0.2) is 49.9 Å². The lowest BCUT2D eigenvalue weighted by Gasteiger charge is -2.33. The van der Waals surface area contributed by atoms with Crippen LogP contribution in [0.3, 0.4) is 0 Å². The number of anilines is 1. The fourth-order valence-corrected chi connectivity index (χ4v) is 5.65. The molecule has 0 heterocycles. The van der Waals surface area contributed by atoms with Crippen molar-refractivity contribution in [3.63, 3.8) is 0 Å². The molecule has 0 unspecified atom stereocenters. The van der Waals surface area contributed by atoms with Gasteiger partial charge in [0.25, 0.3) is 10.0 Å². The molecule has 0 saturated heterocycles. The third-order valence-electron chi connectivity index (χ3n) is 6.05. The van der Waals surface area contributed by atoms with Gasteiger partial charge in [-0.25, -0.2) is 8.42 Å². The number of nitrogens with one attached hydrogen (secondary N) is 1. The third kappa shape index (κ3) is 8.86. The van der Waals surface area contributed by atoms with Crippen molar-refractivity contribution in [2.75, 3.05) is 17.5 Å². The van der Waals surface area contributed by atoms with Crippen LogP contribution < -0.4 is 14.4 Å². The molecule has 0 spiro atoms. The van der Waals surface area contributed by atoms with E-state index < -0.39 is 34.1 Å². The quantitative estimate of drug-likeness (QED) is 0.287. The van der Waals surface area contributed by atoms with E-state index in [4.69, 9.17) is 27.9 Å². The van der Waals surface area contributed by atoms with Crippen LogP contribution in [0.25, 0.3) is 0 Å². The van der Waals surface area contributed by atoms with Gasteiger partial charge in [0.1, 0.15) is 18.3 Å². The third-order valence-corrected chi connectivity index (χ3v) is 8.34. The lowest BCUT2D eigenvalue weighted by molar-refractivity contribution is -0.140. The molecule has 0 saturated carbocycles. The maximum Gasteiger partial charge on any atom is 0.264 e. The van der Waals surface area contributed by atoms with Crippen LogP contribution in [0.1, 0.15) is 40.2 Å². The highest BCUT2D eigenvalue weighted by molar-refractivity contribution is 7.92. The van der Waals surface area contributed by atoms with Gasteiger partial charge in [-0.1, -0.05) is 35.3 Å². The zero-order chi connectivity index (χ0) is 30.4. The second-order valence-corrected chi connectivity index (χ2v) is 13.2. The molecule has 0 aliphatic carbocycles. The summed E-state index contributed by atoms with van der Waals surface area (Å²) in [6.07, 6.45) is 0. The highest BCUT2D eigenvalue weighted by Gasteiger charge is 2.33. The second kappa shape index (κ2) is 13.6. The average Bonchev–Trinajstić information content (AvgIpc) is 2.91. The van der Waals surface area contributed by atoms with Gasteiger partial charge in [0.2, 0.25) is 11.8 Å². The number of sulfonamides is 1. The highest BCUT2D eigenvalue weighted by atomic mass is 35.5. The van der Waals surface area contributed by atoms with E-state index in [-0.39, 0.29) is 23.0 Å². The second-order valence-electron chi connectivity index (χ2n) is 10.5. The fraction of sp³-hybridized carbons (Fsp3) is 0.333. The number of hydrogen-bond acceptors (Lipinski definition) is 5. The Balaban J connectivity index is 2.03. The zero-order valence-electron chi connectivity index (χ0n) is 23.7. The summed E-state index contributed by atoms with van der Waals surface area (Å²) in [5.41, 5.74) is 0.452. The summed E-state index contributed by atoms with van der Waals surface area (Å²) in [5, 5.41) is 3.81. The van der Waals surface area contributed by atoms with E-state index in [1.807, 2.05) is 27.7 Å². The Bertz CT molecular complexity index is 1440. The minimum atomic E-state index is -4.21. The number of halogens is 2. The molecule has 0 radical (unpaired) electrons. The van der Waals surface area contributed by atoms with Gasteiger partial charge in [-0.3, -0.25) is 13.9 Å². The van der Waals surface area contributed by atoms with E-state index in [9.17, 15) is 18.0 Å². The Morgan fingerprint density at radius 2 is 1.44 bits per heavy atom. The molecular weight excluding hydrogens is 585 g/mol. The summed E-state index contributed by atoms with van der Waals surface area (Å²) < 4.78 is 34.3. The van der Waals surface area contributed by atoms with E-state index in [1.54, 1.807) is 55.5 Å². The molecule has 8 nitrogen and oxygen atoms in total. The summed E-state index contributed by atoms with van der Waals surface area (Å²) in [5.74, 6) is -0.376. The van der Waals surface area contributed by atoms with Crippen molar-refractivity contribution in [3.8, 4) is 5.75 Å². The van der Waals surface area contributed by atoms with Crippen molar-refractivity contribution in [2.45, 2.75) is 57.6 Å². The van der Waals surface area contributed by atoms with Gasteiger partial charge in [-0.15, -0.1) is 0 Å². The van der Waals surface area contributed by atoms with Gasteiger partial charge in [-0.05, 0) is 101 Å². The maximum absolute atomic E-state index is 14.0. The largest absolute Gasteiger partial charge is 0.494 e. The number of rotatable bonds is 11. The first-order chi connectivity index (χ1) is 19.2. The van der Waals surface area contributed by atoms with Gasteiger partial charge in [0.05, 0.1) is 17.2 Å². The first-order valence-electron chi connectivity index (χ1n) is 13.1. The first-order valence-corrected chi connectivity index (χ1v) is 15.3. The normalized spacial score (nSPS) is 12.4. The summed E-state index contributed by atoms with van der Waals surface area (Å²) in [4.78, 5) is 28.5. The van der Waals surface area contributed by atoms with E-state index in [1.165, 1.54) is 29.2 Å². The average molecular weight is 621 g/mol. The van der Waals surface area contributed by atoms with Crippen molar-refractivity contribution < 1.29 is 22.7 Å². The highest BCUT2D eigenvalue weighted by Crippen LogP contribution is 2.27. The van der Waals surface area contributed by atoms with E-state index in [0.717, 1.165) is 9.87 Å². The van der Waals surface area contributed by atoms with Crippen LogP contribution in [0.15, 0.2) is 77.7 Å². The Morgan fingerprint density at radius 1 is 0.902 bits per heavy atom. The summed E-state index contributed by atoms with van der Waals surface area (Å²) in [6, 6.07) is 18.1.